The minimum atomic E-state index is 0.151. The average molecular weight is 388 g/mol. The van der Waals surface area contributed by atoms with E-state index in [4.69, 9.17) is 13.8 Å². The van der Waals surface area contributed by atoms with Crippen molar-refractivity contribution in [2.45, 2.75) is 58.3 Å². The van der Waals surface area contributed by atoms with E-state index in [1.807, 2.05) is 18.7 Å². The van der Waals surface area contributed by atoms with Gasteiger partial charge in [-0.3, -0.25) is 4.79 Å². The first kappa shape index (κ1) is 19.1. The monoisotopic (exact) mass is 388 g/mol. The smallest absolute Gasteiger partial charge is 0.229 e. The Hall–Kier alpha value is -2.22. The van der Waals surface area contributed by atoms with E-state index in [1.165, 1.54) is 0 Å². The van der Waals surface area contributed by atoms with Gasteiger partial charge < -0.3 is 18.7 Å². The molecular formula is C20H28N4O4. The Morgan fingerprint density at radius 1 is 1.14 bits per heavy atom. The summed E-state index contributed by atoms with van der Waals surface area (Å²) in [5, 5.41) is 8.08. The van der Waals surface area contributed by atoms with Gasteiger partial charge in [0.1, 0.15) is 5.76 Å². The third-order valence-corrected chi connectivity index (χ3v) is 5.98. The fourth-order valence-electron chi connectivity index (χ4n) is 4.12. The maximum Gasteiger partial charge on any atom is 0.229 e. The molecule has 28 heavy (non-hydrogen) atoms. The van der Waals surface area contributed by atoms with Gasteiger partial charge in [-0.15, -0.1) is 0 Å². The zero-order chi connectivity index (χ0) is 19.5. The van der Waals surface area contributed by atoms with Crippen LogP contribution in [-0.2, 0) is 22.4 Å². The number of hydrogen-bond donors (Lipinski definition) is 0. The van der Waals surface area contributed by atoms with E-state index in [-0.39, 0.29) is 5.91 Å². The van der Waals surface area contributed by atoms with Crippen LogP contribution in [-0.4, -0.2) is 52.4 Å². The second-order valence-electron chi connectivity index (χ2n) is 7.95. The molecule has 1 amide bonds. The van der Waals surface area contributed by atoms with Gasteiger partial charge in [0.2, 0.25) is 11.8 Å². The first-order valence-electron chi connectivity index (χ1n) is 10.2. The Labute approximate surface area is 164 Å². The Morgan fingerprint density at radius 2 is 1.96 bits per heavy atom. The van der Waals surface area contributed by atoms with Crippen molar-refractivity contribution in [2.75, 3.05) is 26.3 Å². The molecule has 2 aliphatic rings. The number of hydrogen-bond acceptors (Lipinski definition) is 7. The van der Waals surface area contributed by atoms with Gasteiger partial charge in [-0.1, -0.05) is 10.3 Å². The van der Waals surface area contributed by atoms with Crippen LogP contribution in [0.2, 0.25) is 0 Å². The van der Waals surface area contributed by atoms with Crippen molar-refractivity contribution in [1.82, 2.24) is 20.2 Å². The predicted octanol–water partition coefficient (Wildman–Crippen LogP) is 2.59. The summed E-state index contributed by atoms with van der Waals surface area (Å²) in [5.41, 5.74) is 1.72. The molecular weight excluding hydrogens is 360 g/mol. The summed E-state index contributed by atoms with van der Waals surface area (Å²) < 4.78 is 16.0. The molecule has 4 heterocycles. The molecule has 0 radical (unpaired) electrons. The molecule has 0 N–H and O–H groups in total. The van der Waals surface area contributed by atoms with Gasteiger partial charge in [0.15, 0.2) is 5.82 Å². The van der Waals surface area contributed by atoms with Crippen LogP contribution in [0, 0.1) is 19.8 Å². The van der Waals surface area contributed by atoms with Crippen molar-refractivity contribution in [3.05, 3.63) is 28.7 Å². The lowest BCUT2D eigenvalue weighted by Crippen LogP contribution is -2.30. The van der Waals surface area contributed by atoms with Gasteiger partial charge in [0, 0.05) is 44.2 Å². The van der Waals surface area contributed by atoms with Gasteiger partial charge in [0.05, 0.1) is 12.1 Å². The minimum Gasteiger partial charge on any atom is -0.381 e. The lowest BCUT2D eigenvalue weighted by atomic mass is 10.0. The third kappa shape index (κ3) is 4.27. The Kier molecular flexibility index (Phi) is 5.75. The molecule has 0 aromatic carbocycles. The van der Waals surface area contributed by atoms with E-state index < -0.39 is 0 Å². The highest BCUT2D eigenvalue weighted by Gasteiger charge is 2.28. The maximum absolute atomic E-state index is 12.6. The molecule has 2 aromatic rings. The highest BCUT2D eigenvalue weighted by molar-refractivity contribution is 5.79. The van der Waals surface area contributed by atoms with Crippen molar-refractivity contribution in [3.63, 3.8) is 0 Å². The van der Waals surface area contributed by atoms with Gasteiger partial charge in [-0.05, 0) is 45.4 Å². The van der Waals surface area contributed by atoms with Gasteiger partial charge in [-0.25, -0.2) is 0 Å². The van der Waals surface area contributed by atoms with Crippen LogP contribution in [0.15, 0.2) is 9.05 Å². The second kappa shape index (κ2) is 8.43. The van der Waals surface area contributed by atoms with Crippen LogP contribution in [0.25, 0.3) is 0 Å². The topological polar surface area (TPSA) is 94.5 Å². The molecule has 8 heteroatoms. The van der Waals surface area contributed by atoms with E-state index in [2.05, 4.69) is 15.3 Å². The van der Waals surface area contributed by atoms with Crippen molar-refractivity contribution in [1.29, 1.82) is 0 Å². The van der Waals surface area contributed by atoms with E-state index in [0.717, 1.165) is 87.1 Å². The molecule has 1 unspecified atom stereocenters. The van der Waals surface area contributed by atoms with E-state index in [1.54, 1.807) is 0 Å². The molecule has 2 aromatic heterocycles. The number of amides is 1. The summed E-state index contributed by atoms with van der Waals surface area (Å²) >= 11 is 0. The van der Waals surface area contributed by atoms with Crippen LogP contribution in [0.3, 0.4) is 0 Å². The van der Waals surface area contributed by atoms with Crippen molar-refractivity contribution < 1.29 is 18.6 Å². The van der Waals surface area contributed by atoms with Crippen LogP contribution in [0.1, 0.15) is 60.3 Å². The fourth-order valence-corrected chi connectivity index (χ4v) is 4.12. The lowest BCUT2D eigenvalue weighted by molar-refractivity contribution is -0.129. The van der Waals surface area contributed by atoms with Crippen LogP contribution in [0.5, 0.6) is 0 Å². The van der Waals surface area contributed by atoms with Crippen molar-refractivity contribution >= 4 is 5.91 Å². The number of rotatable bonds is 6. The standard InChI is InChI=1S/C20H28N4O4/c1-13-17(14(2)27-22-13)11-19(25)24-8-5-15(12-24)3-4-18-21-20(28-23-18)16-6-9-26-10-7-16/h15-16H,3-12H2,1-2H3. The summed E-state index contributed by atoms with van der Waals surface area (Å²) in [6.45, 7) is 6.88. The number of likely N-dealkylation sites (tertiary alicyclic amines) is 1. The quantitative estimate of drug-likeness (QED) is 0.750. The third-order valence-electron chi connectivity index (χ3n) is 5.98. The van der Waals surface area contributed by atoms with Crippen molar-refractivity contribution in [2.24, 2.45) is 5.92 Å². The lowest BCUT2D eigenvalue weighted by Gasteiger charge is -2.18. The Balaban J connectivity index is 1.25. The van der Waals surface area contributed by atoms with Crippen LogP contribution < -0.4 is 0 Å². The molecule has 0 aliphatic carbocycles. The molecule has 0 saturated carbocycles. The van der Waals surface area contributed by atoms with Gasteiger partial charge in [0.25, 0.3) is 0 Å². The molecule has 2 fully saturated rings. The summed E-state index contributed by atoms with van der Waals surface area (Å²) in [7, 11) is 0. The zero-order valence-corrected chi connectivity index (χ0v) is 16.6. The molecule has 152 valence electrons. The van der Waals surface area contributed by atoms with Crippen LogP contribution >= 0.6 is 0 Å². The van der Waals surface area contributed by atoms with E-state index >= 15 is 0 Å². The molecule has 0 bridgehead atoms. The van der Waals surface area contributed by atoms with Gasteiger partial charge in [-0.2, -0.15) is 4.98 Å². The Bertz CT molecular complexity index is 789. The number of nitrogens with zero attached hydrogens (tertiary/aromatic N) is 4. The number of carbonyl (C=O) groups excluding carboxylic acids is 1. The first-order chi connectivity index (χ1) is 13.6. The summed E-state index contributed by atoms with van der Waals surface area (Å²) in [6.07, 6.45) is 5.06. The first-order valence-corrected chi connectivity index (χ1v) is 10.2. The molecule has 0 spiro atoms. The van der Waals surface area contributed by atoms with E-state index in [9.17, 15) is 4.79 Å². The van der Waals surface area contributed by atoms with Gasteiger partial charge >= 0.3 is 0 Å². The highest BCUT2D eigenvalue weighted by Crippen LogP contribution is 2.26. The maximum atomic E-state index is 12.6. The molecule has 2 aliphatic heterocycles. The molecule has 4 rings (SSSR count). The summed E-state index contributed by atoms with van der Waals surface area (Å²) in [6, 6.07) is 0. The van der Waals surface area contributed by atoms with Crippen LogP contribution in [0.4, 0.5) is 0 Å². The molecule has 2 saturated heterocycles. The SMILES string of the molecule is Cc1noc(C)c1CC(=O)N1CCC(CCc2noc(C3CCOCC3)n2)C1. The highest BCUT2D eigenvalue weighted by atomic mass is 16.5. The van der Waals surface area contributed by atoms with E-state index in [0.29, 0.717) is 18.3 Å². The minimum absolute atomic E-state index is 0.151. The normalized spacial score (nSPS) is 20.8. The molecule has 1 atom stereocenters. The summed E-state index contributed by atoms with van der Waals surface area (Å²) in [4.78, 5) is 19.2. The number of ether oxygens (including phenoxy) is 1. The largest absolute Gasteiger partial charge is 0.381 e. The number of aromatic nitrogens is 3. The summed E-state index contributed by atoms with van der Waals surface area (Å²) in [5.74, 6) is 3.23. The fraction of sp³-hybridized carbons (Fsp3) is 0.700. The predicted molar refractivity (Wildman–Crippen MR) is 99.8 cm³/mol. The average Bonchev–Trinajstić information content (AvgIpc) is 3.44. The molecule has 8 nitrogen and oxygen atoms in total. The Morgan fingerprint density at radius 3 is 2.71 bits per heavy atom. The second-order valence-corrected chi connectivity index (χ2v) is 7.95. The zero-order valence-electron chi connectivity index (χ0n) is 16.6. The number of carbonyl (C=O) groups is 1. The van der Waals surface area contributed by atoms with Crippen molar-refractivity contribution in [3.8, 4) is 0 Å². The number of aryl methyl sites for hydroxylation is 3.